The summed E-state index contributed by atoms with van der Waals surface area (Å²) in [5.74, 6) is 3.05. The number of rotatable bonds is 1. The standard InChI is InChI=1S/C13H9.C5H5.Fe/c1-2-11-7-5-6-10-13(11)12-8-3-4-9-12;1-2-4-5-3-1;/h1,3-10H;1-5H;. The number of hydrogen-bond acceptors (Lipinski definition) is 0. The first-order valence-corrected chi connectivity index (χ1v) is 14.2. The summed E-state index contributed by atoms with van der Waals surface area (Å²) in [7, 11) is 0. The molecule has 0 saturated carbocycles. The van der Waals surface area contributed by atoms with E-state index in [1.807, 2.05) is 0 Å². The number of terminal acetylenes is 1. The summed E-state index contributed by atoms with van der Waals surface area (Å²) in [6.07, 6.45) is 5.86. The Morgan fingerprint density at radius 3 is 1.89 bits per heavy atom. The molecule has 0 aliphatic carbocycles. The molecule has 10 saturated heterocycles. The zero-order chi connectivity index (χ0) is 11.7. The van der Waals surface area contributed by atoms with E-state index in [0.717, 1.165) is 4.31 Å². The Kier molecular flexibility index (Phi) is 0.212. The van der Waals surface area contributed by atoms with Crippen molar-refractivity contribution < 1.29 is 6.51 Å². The van der Waals surface area contributed by atoms with Crippen LogP contribution in [0.4, 0.5) is 0 Å². The van der Waals surface area contributed by atoms with Crippen LogP contribution in [0.25, 0.3) is 0 Å². The van der Waals surface area contributed by atoms with Gasteiger partial charge in [-0.05, 0) is 0 Å². The fraction of sp³-hybridized carbons (Fsp3) is 0.556. The Hall–Kier alpha value is -0.701. The van der Waals surface area contributed by atoms with Crippen LogP contribution in [0.5, 0.6) is 0 Å². The molecule has 0 radical (unpaired) electrons. The number of benzene rings is 1. The van der Waals surface area contributed by atoms with Gasteiger partial charge in [0, 0.05) is 0 Å². The Labute approximate surface area is 102 Å². The summed E-state index contributed by atoms with van der Waals surface area (Å²) in [6.45, 7) is -2.98. The average molecular weight is 286 g/mol. The molecule has 10 aliphatic rings. The third-order valence-corrected chi connectivity index (χ3v) is 58.5. The molecule has 10 fully saturated rings. The molecule has 0 nitrogen and oxygen atoms in total. The predicted octanol–water partition coefficient (Wildman–Crippen LogP) is 4.46. The molecule has 1 aromatic carbocycles. The van der Waals surface area contributed by atoms with E-state index in [4.69, 9.17) is 6.42 Å². The summed E-state index contributed by atoms with van der Waals surface area (Å²) in [5, 5.41) is 0. The first kappa shape index (κ1) is 6.84. The fourth-order valence-corrected chi connectivity index (χ4v) is 92.0. The van der Waals surface area contributed by atoms with Gasteiger partial charge >= 0.3 is 102 Å². The van der Waals surface area contributed by atoms with Gasteiger partial charge in [0.25, 0.3) is 0 Å². The normalized spacial score (nSPS) is 107. The van der Waals surface area contributed by atoms with Crippen LogP contribution in [0.2, 0.25) is 43.3 Å². The second-order valence-corrected chi connectivity index (χ2v) is 34.9. The van der Waals surface area contributed by atoms with Crippen molar-refractivity contribution in [2.75, 3.05) is 0 Å². The summed E-state index contributed by atoms with van der Waals surface area (Å²) >= 11 is 0. The number of fused-ring (bicyclic) bond motifs is 10. The molecule has 1 heteroatoms. The minimum absolute atomic E-state index is 0.835. The van der Waals surface area contributed by atoms with E-state index >= 15 is 0 Å². The molecular formula is C18H14Fe. The first-order valence-electron chi connectivity index (χ1n) is 7.87. The van der Waals surface area contributed by atoms with E-state index in [2.05, 4.69) is 30.2 Å². The molecule has 19 heavy (non-hydrogen) atoms. The van der Waals surface area contributed by atoms with E-state index in [1.54, 1.807) is 5.56 Å². The van der Waals surface area contributed by atoms with E-state index in [1.165, 1.54) is 48.9 Å². The third kappa shape index (κ3) is 0.0757. The van der Waals surface area contributed by atoms with Gasteiger partial charge in [0.15, 0.2) is 0 Å². The molecule has 0 aromatic heterocycles. The summed E-state index contributed by atoms with van der Waals surface area (Å²) in [4.78, 5) is 12.5. The van der Waals surface area contributed by atoms with Crippen molar-refractivity contribution in [3.05, 3.63) is 35.4 Å². The summed E-state index contributed by atoms with van der Waals surface area (Å²) in [5.41, 5.74) is 3.01. The van der Waals surface area contributed by atoms with Gasteiger partial charge in [-0.2, -0.15) is 0 Å². The fourth-order valence-electron chi connectivity index (χ4n) is 17.9. The van der Waals surface area contributed by atoms with Crippen molar-refractivity contribution in [3.8, 4) is 12.3 Å². The van der Waals surface area contributed by atoms with Crippen molar-refractivity contribution in [2.45, 2.75) is 47.7 Å². The van der Waals surface area contributed by atoms with Gasteiger partial charge in [-0.3, -0.25) is 0 Å². The van der Waals surface area contributed by atoms with Crippen LogP contribution >= 0.6 is 0 Å². The summed E-state index contributed by atoms with van der Waals surface area (Å²) < 4.78 is 0.835. The van der Waals surface area contributed by atoms with Gasteiger partial charge in [-0.1, -0.05) is 0 Å². The minimum atomic E-state index is -2.98. The number of hydrogen-bond donors (Lipinski definition) is 0. The quantitative estimate of drug-likeness (QED) is 0.528. The Balaban J connectivity index is 1.56. The molecule has 4 atom stereocenters. The molecule has 0 amide bonds. The first-order chi connectivity index (χ1) is 9.10. The van der Waals surface area contributed by atoms with Crippen LogP contribution in [0.15, 0.2) is 24.3 Å². The van der Waals surface area contributed by atoms with Crippen LogP contribution < -0.4 is 0 Å². The van der Waals surface area contributed by atoms with Gasteiger partial charge < -0.3 is 0 Å². The third-order valence-electron chi connectivity index (χ3n) is 16.2. The molecule has 1 spiro atoms. The molecule has 1 aromatic rings. The van der Waals surface area contributed by atoms with Gasteiger partial charge in [0.1, 0.15) is 0 Å². The van der Waals surface area contributed by atoms with Crippen LogP contribution in [0.1, 0.15) is 11.1 Å². The van der Waals surface area contributed by atoms with E-state index in [9.17, 15) is 0 Å². The van der Waals surface area contributed by atoms with E-state index in [0.29, 0.717) is 0 Å². The van der Waals surface area contributed by atoms with Gasteiger partial charge in [-0.25, -0.2) is 0 Å². The second kappa shape index (κ2) is 0.589. The van der Waals surface area contributed by atoms with Gasteiger partial charge in [-0.15, -0.1) is 0 Å². The monoisotopic (exact) mass is 286 g/mol. The average Bonchev–Trinajstić information content (AvgIpc) is 3.39. The van der Waals surface area contributed by atoms with Crippen molar-refractivity contribution in [1.82, 2.24) is 0 Å². The molecule has 10 heterocycles. The van der Waals surface area contributed by atoms with Crippen molar-refractivity contribution >= 4 is 0 Å². The van der Waals surface area contributed by atoms with Crippen molar-refractivity contribution in [1.29, 1.82) is 0 Å². The predicted molar refractivity (Wildman–Crippen MR) is 69.8 cm³/mol. The molecule has 0 bridgehead atoms. The Morgan fingerprint density at radius 2 is 1.47 bits per heavy atom. The van der Waals surface area contributed by atoms with E-state index in [-0.39, 0.29) is 0 Å². The molecule has 10 aliphatic heterocycles. The molecule has 94 valence electrons. The van der Waals surface area contributed by atoms with Crippen LogP contribution in [0.3, 0.4) is 0 Å². The summed E-state index contributed by atoms with van der Waals surface area (Å²) in [6, 6.07) is 9.14. The van der Waals surface area contributed by atoms with Crippen molar-refractivity contribution in [3.63, 3.8) is 0 Å². The zero-order valence-corrected chi connectivity index (χ0v) is 11.5. The van der Waals surface area contributed by atoms with Gasteiger partial charge in [0.05, 0.1) is 0 Å². The maximum absolute atomic E-state index is 5.86. The molecule has 11 rings (SSSR count). The van der Waals surface area contributed by atoms with Crippen LogP contribution in [0, 0.1) is 12.3 Å². The Bertz CT molecular complexity index is 1170. The Morgan fingerprint density at radius 1 is 0.895 bits per heavy atom. The SMILES string of the molecule is C#Cc1ccccc1[C]12[CH]3[CH]4[CH]5[CH]1[Fe]45321678[CH]2[CH]1[CH]6[CH]7[CH]28. The molecule has 0 N–H and O–H groups in total. The zero-order valence-electron chi connectivity index (χ0n) is 10.4. The molecular weight excluding hydrogens is 272 g/mol. The van der Waals surface area contributed by atoms with E-state index < -0.39 is 6.51 Å². The topological polar surface area (TPSA) is 0 Å². The second-order valence-electron chi connectivity index (χ2n) is 11.4. The van der Waals surface area contributed by atoms with Gasteiger partial charge in [0.2, 0.25) is 0 Å². The molecule has 4 unspecified atom stereocenters. The van der Waals surface area contributed by atoms with Crippen LogP contribution in [-0.4, -0.2) is 0 Å². The maximum atomic E-state index is 5.86. The van der Waals surface area contributed by atoms with Crippen LogP contribution in [-0.2, 0) is 10.8 Å². The van der Waals surface area contributed by atoms with Crippen molar-refractivity contribution in [2.24, 2.45) is 0 Å².